The van der Waals surface area contributed by atoms with E-state index in [4.69, 9.17) is 9.47 Å². The van der Waals surface area contributed by atoms with Crippen molar-refractivity contribution in [3.8, 4) is 5.75 Å². The van der Waals surface area contributed by atoms with E-state index in [2.05, 4.69) is 9.62 Å². The lowest BCUT2D eigenvalue weighted by Gasteiger charge is -2.34. The van der Waals surface area contributed by atoms with E-state index in [1.54, 1.807) is 32.9 Å². The number of sulfonamides is 1. The smallest absolute Gasteiger partial charge is 0.253 e. The lowest BCUT2D eigenvalue weighted by Crippen LogP contribution is -2.41. The van der Waals surface area contributed by atoms with Crippen LogP contribution in [0.1, 0.15) is 50.4 Å². The van der Waals surface area contributed by atoms with Gasteiger partial charge in [-0.25, -0.2) is 13.1 Å². The van der Waals surface area contributed by atoms with Crippen molar-refractivity contribution in [3.63, 3.8) is 0 Å². The number of ether oxygens (including phenoxy) is 2. The zero-order valence-electron chi connectivity index (χ0n) is 19.7. The van der Waals surface area contributed by atoms with Gasteiger partial charge in [-0.15, -0.1) is 0 Å². The molecule has 0 radical (unpaired) electrons. The van der Waals surface area contributed by atoms with Gasteiger partial charge in [-0.05, 0) is 70.7 Å². The Hall–Kier alpha value is -1.68. The standard InChI is InChI=1S/C23H37N3O5S/c1-23(2,3)24-32(28,29)21-17-19(5-6-20(21)30-4)22(27)26-11-8-18(9-12-26)7-10-25-13-15-31-16-14-25/h5-6,17-18,24H,7-16H2,1-4H3. The van der Waals surface area contributed by atoms with E-state index in [9.17, 15) is 13.2 Å². The summed E-state index contributed by atoms with van der Waals surface area (Å²) >= 11 is 0. The highest BCUT2D eigenvalue weighted by Gasteiger charge is 2.29. The van der Waals surface area contributed by atoms with E-state index in [1.165, 1.54) is 13.2 Å². The number of amides is 1. The van der Waals surface area contributed by atoms with Gasteiger partial charge in [0.25, 0.3) is 5.91 Å². The summed E-state index contributed by atoms with van der Waals surface area (Å²) in [4.78, 5) is 17.4. The summed E-state index contributed by atoms with van der Waals surface area (Å²) in [6, 6.07) is 4.63. The van der Waals surface area contributed by atoms with Crippen molar-refractivity contribution in [2.75, 3.05) is 53.0 Å². The maximum absolute atomic E-state index is 13.1. The second-order valence-corrected chi connectivity index (χ2v) is 11.4. The molecule has 32 heavy (non-hydrogen) atoms. The number of nitrogens with zero attached hydrogens (tertiary/aromatic N) is 2. The number of nitrogens with one attached hydrogen (secondary N) is 1. The fraction of sp³-hybridized carbons (Fsp3) is 0.696. The van der Waals surface area contributed by atoms with Gasteiger partial charge in [0.2, 0.25) is 10.0 Å². The van der Waals surface area contributed by atoms with Gasteiger partial charge >= 0.3 is 0 Å². The third-order valence-corrected chi connectivity index (χ3v) is 7.78. The van der Waals surface area contributed by atoms with Crippen molar-refractivity contribution in [1.82, 2.24) is 14.5 Å². The predicted molar refractivity (Wildman–Crippen MR) is 124 cm³/mol. The molecule has 2 aliphatic heterocycles. The van der Waals surface area contributed by atoms with Crippen molar-refractivity contribution < 1.29 is 22.7 Å². The molecular weight excluding hydrogens is 430 g/mol. The fourth-order valence-electron chi connectivity index (χ4n) is 4.28. The zero-order chi connectivity index (χ0) is 23.4. The van der Waals surface area contributed by atoms with Crippen LogP contribution < -0.4 is 9.46 Å². The molecule has 2 saturated heterocycles. The summed E-state index contributed by atoms with van der Waals surface area (Å²) in [7, 11) is -2.41. The first-order valence-corrected chi connectivity index (χ1v) is 12.9. The van der Waals surface area contributed by atoms with Crippen LogP contribution in [0.4, 0.5) is 0 Å². The SMILES string of the molecule is COc1ccc(C(=O)N2CCC(CCN3CCOCC3)CC2)cc1S(=O)(=O)NC(C)(C)C. The van der Waals surface area contributed by atoms with Crippen LogP contribution in [0.15, 0.2) is 23.1 Å². The Kier molecular flexibility index (Phi) is 8.19. The number of benzene rings is 1. The molecule has 8 nitrogen and oxygen atoms in total. The van der Waals surface area contributed by atoms with Crippen LogP contribution in [0.5, 0.6) is 5.75 Å². The van der Waals surface area contributed by atoms with Gasteiger partial charge in [0.05, 0.1) is 20.3 Å². The number of rotatable bonds is 7. The molecule has 2 heterocycles. The van der Waals surface area contributed by atoms with Crippen molar-refractivity contribution in [2.45, 2.75) is 50.5 Å². The first kappa shape index (κ1) is 25.0. The molecule has 1 N–H and O–H groups in total. The van der Waals surface area contributed by atoms with E-state index < -0.39 is 15.6 Å². The van der Waals surface area contributed by atoms with Gasteiger partial charge in [0.15, 0.2) is 0 Å². The molecule has 1 amide bonds. The predicted octanol–water partition coefficient (Wildman–Crippen LogP) is 2.35. The molecule has 9 heteroatoms. The normalized spacial score (nSPS) is 19.2. The molecule has 3 rings (SSSR count). The minimum Gasteiger partial charge on any atom is -0.495 e. The van der Waals surface area contributed by atoms with Crippen LogP contribution in [0, 0.1) is 5.92 Å². The Morgan fingerprint density at radius 1 is 1.16 bits per heavy atom. The molecule has 2 fully saturated rings. The van der Waals surface area contributed by atoms with Gasteiger partial charge in [-0.1, -0.05) is 0 Å². The Morgan fingerprint density at radius 3 is 2.41 bits per heavy atom. The van der Waals surface area contributed by atoms with E-state index in [1.807, 2.05) is 4.90 Å². The molecule has 0 saturated carbocycles. The average Bonchev–Trinajstić information content (AvgIpc) is 2.76. The Bertz CT molecular complexity index is 883. The quantitative estimate of drug-likeness (QED) is 0.662. The number of piperidine rings is 1. The van der Waals surface area contributed by atoms with E-state index >= 15 is 0 Å². The second-order valence-electron chi connectivity index (χ2n) is 9.70. The highest BCUT2D eigenvalue weighted by atomic mass is 32.2. The summed E-state index contributed by atoms with van der Waals surface area (Å²) in [5.41, 5.74) is -0.278. The van der Waals surface area contributed by atoms with Gasteiger partial charge in [0.1, 0.15) is 10.6 Å². The highest BCUT2D eigenvalue weighted by molar-refractivity contribution is 7.89. The van der Waals surface area contributed by atoms with Crippen molar-refractivity contribution >= 4 is 15.9 Å². The van der Waals surface area contributed by atoms with Crippen molar-refractivity contribution in [2.24, 2.45) is 5.92 Å². The monoisotopic (exact) mass is 467 g/mol. The van der Waals surface area contributed by atoms with Crippen LogP contribution >= 0.6 is 0 Å². The topological polar surface area (TPSA) is 88.2 Å². The number of likely N-dealkylation sites (tertiary alicyclic amines) is 1. The van der Waals surface area contributed by atoms with Crippen LogP contribution in [0.25, 0.3) is 0 Å². The van der Waals surface area contributed by atoms with Gasteiger partial charge < -0.3 is 14.4 Å². The van der Waals surface area contributed by atoms with E-state index in [0.717, 1.165) is 52.1 Å². The molecule has 2 aliphatic rings. The maximum Gasteiger partial charge on any atom is 0.253 e. The number of hydrogen-bond acceptors (Lipinski definition) is 6. The average molecular weight is 468 g/mol. The minimum atomic E-state index is -3.83. The number of methoxy groups -OCH3 is 1. The first-order chi connectivity index (χ1) is 15.1. The fourth-order valence-corrected chi connectivity index (χ4v) is 5.89. The Balaban J connectivity index is 1.62. The molecule has 0 bridgehead atoms. The summed E-state index contributed by atoms with van der Waals surface area (Å²) < 4.78 is 39.1. The largest absolute Gasteiger partial charge is 0.495 e. The number of carbonyl (C=O) groups excluding carboxylic acids is 1. The summed E-state index contributed by atoms with van der Waals surface area (Å²) in [6.07, 6.45) is 3.09. The lowest BCUT2D eigenvalue weighted by atomic mass is 9.93. The number of morpholine rings is 1. The van der Waals surface area contributed by atoms with E-state index in [-0.39, 0.29) is 16.6 Å². The van der Waals surface area contributed by atoms with Gasteiger partial charge in [-0.3, -0.25) is 9.69 Å². The van der Waals surface area contributed by atoms with Gasteiger partial charge in [0, 0.05) is 37.3 Å². The van der Waals surface area contributed by atoms with Crippen molar-refractivity contribution in [3.05, 3.63) is 23.8 Å². The molecule has 0 unspecified atom stereocenters. The maximum atomic E-state index is 13.1. The molecule has 0 spiro atoms. The minimum absolute atomic E-state index is 0.0128. The van der Waals surface area contributed by atoms with Crippen LogP contribution in [-0.2, 0) is 14.8 Å². The van der Waals surface area contributed by atoms with Crippen LogP contribution in [-0.4, -0.2) is 82.7 Å². The third-order valence-electron chi connectivity index (χ3n) is 6.00. The molecule has 1 aromatic carbocycles. The number of hydrogen-bond donors (Lipinski definition) is 1. The van der Waals surface area contributed by atoms with Crippen LogP contribution in [0.3, 0.4) is 0 Å². The Morgan fingerprint density at radius 2 is 1.81 bits per heavy atom. The first-order valence-electron chi connectivity index (χ1n) is 11.4. The summed E-state index contributed by atoms with van der Waals surface area (Å²) in [6.45, 7) is 11.4. The second kappa shape index (κ2) is 10.5. The third kappa shape index (κ3) is 6.66. The summed E-state index contributed by atoms with van der Waals surface area (Å²) in [5.74, 6) is 0.705. The molecule has 180 valence electrons. The number of carbonyl (C=O) groups is 1. The lowest BCUT2D eigenvalue weighted by molar-refractivity contribution is 0.0332. The molecule has 1 aromatic rings. The van der Waals surface area contributed by atoms with E-state index in [0.29, 0.717) is 24.6 Å². The molecule has 0 atom stereocenters. The molecular formula is C23H37N3O5S. The zero-order valence-corrected chi connectivity index (χ0v) is 20.5. The summed E-state index contributed by atoms with van der Waals surface area (Å²) in [5, 5.41) is 0. The highest BCUT2D eigenvalue weighted by Crippen LogP contribution is 2.28. The Labute approximate surface area is 192 Å². The molecule has 0 aliphatic carbocycles. The van der Waals surface area contributed by atoms with Crippen molar-refractivity contribution in [1.29, 1.82) is 0 Å². The van der Waals surface area contributed by atoms with Gasteiger partial charge in [-0.2, -0.15) is 0 Å². The van der Waals surface area contributed by atoms with Crippen LogP contribution in [0.2, 0.25) is 0 Å². The molecule has 0 aromatic heterocycles.